The van der Waals surface area contributed by atoms with Crippen molar-refractivity contribution < 1.29 is 12.5 Å². The molecule has 0 spiro atoms. The Bertz CT molecular complexity index is 270. The first-order valence-electron chi connectivity index (χ1n) is 11.4. The molecule has 0 fully saturated rings. The number of hydrogen-bond donors (Lipinski definition) is 0. The molecule has 0 aliphatic rings. The van der Waals surface area contributed by atoms with Crippen molar-refractivity contribution in [2.24, 2.45) is 5.92 Å². The van der Waals surface area contributed by atoms with Crippen molar-refractivity contribution in [1.29, 1.82) is 0 Å². The van der Waals surface area contributed by atoms with Crippen LogP contribution in [0, 0.1) is 5.92 Å². The lowest BCUT2D eigenvalue weighted by Gasteiger charge is -2.39. The Labute approximate surface area is 166 Å². The van der Waals surface area contributed by atoms with Crippen molar-refractivity contribution in [3.05, 3.63) is 0 Å². The summed E-state index contributed by atoms with van der Waals surface area (Å²) in [6.07, 6.45) is 16.1. The minimum atomic E-state index is -1.84. The highest BCUT2D eigenvalue weighted by molar-refractivity contribution is 8.21. The Balaban J connectivity index is 4.54. The van der Waals surface area contributed by atoms with Crippen molar-refractivity contribution in [1.82, 2.24) is 0 Å². The van der Waals surface area contributed by atoms with Gasteiger partial charge in [0, 0.05) is 5.75 Å². The highest BCUT2D eigenvalue weighted by Gasteiger charge is 2.30. The fraction of sp³-hybridized carbons (Fsp3) is 1.00. The Morgan fingerprint density at radius 2 is 0.923 bits per heavy atom. The van der Waals surface area contributed by atoms with Gasteiger partial charge in [-0.25, -0.2) is 0 Å². The first-order valence-corrected chi connectivity index (χ1v) is 13.0. The van der Waals surface area contributed by atoms with E-state index in [4.69, 9.17) is 12.5 Å². The van der Waals surface area contributed by atoms with E-state index in [1.807, 2.05) is 20.8 Å². The molecular formula is C22H48O3S. The van der Waals surface area contributed by atoms with Crippen LogP contribution in [-0.2, 0) is 12.5 Å². The zero-order valence-electron chi connectivity index (χ0n) is 18.5. The van der Waals surface area contributed by atoms with Crippen molar-refractivity contribution in [2.45, 2.75) is 112 Å². The average molecular weight is 393 g/mol. The summed E-state index contributed by atoms with van der Waals surface area (Å²) in [5.74, 6) is 1.61. The Morgan fingerprint density at radius 1 is 0.538 bits per heavy atom. The summed E-state index contributed by atoms with van der Waals surface area (Å²) in [7, 11) is -1.84. The third-order valence-corrected chi connectivity index (χ3v) is 7.43. The van der Waals surface area contributed by atoms with E-state index < -0.39 is 10.9 Å². The molecule has 0 saturated heterocycles. The van der Waals surface area contributed by atoms with Gasteiger partial charge in [-0.2, -0.15) is 0 Å². The smallest absolute Gasteiger partial charge is 0.0890 e. The summed E-state index contributed by atoms with van der Waals surface area (Å²) in [5, 5.41) is 0. The number of unbranched alkanes of at least 4 members (excludes halogenated alkanes) is 8. The maximum atomic E-state index is 6.06. The van der Waals surface area contributed by atoms with Gasteiger partial charge in [0.05, 0.1) is 30.7 Å². The molecule has 0 aliphatic heterocycles. The van der Waals surface area contributed by atoms with Gasteiger partial charge in [-0.05, 0) is 39.5 Å². The van der Waals surface area contributed by atoms with Crippen LogP contribution in [-0.4, -0.2) is 25.6 Å². The van der Waals surface area contributed by atoms with Crippen LogP contribution in [0.2, 0.25) is 0 Å². The monoisotopic (exact) mass is 392 g/mol. The second-order valence-corrected chi connectivity index (χ2v) is 9.37. The molecular weight excluding hydrogens is 344 g/mol. The summed E-state index contributed by atoms with van der Waals surface area (Å²) >= 11 is 0. The molecule has 0 aromatic carbocycles. The minimum Gasteiger partial charge on any atom is -0.293 e. The highest BCUT2D eigenvalue weighted by atomic mass is 32.3. The van der Waals surface area contributed by atoms with Crippen LogP contribution in [0.5, 0.6) is 0 Å². The van der Waals surface area contributed by atoms with Crippen LogP contribution in [0.1, 0.15) is 112 Å². The van der Waals surface area contributed by atoms with E-state index in [-0.39, 0.29) is 0 Å². The molecule has 0 bridgehead atoms. The summed E-state index contributed by atoms with van der Waals surface area (Å²) in [6.45, 7) is 12.7. The fourth-order valence-electron chi connectivity index (χ4n) is 3.46. The lowest BCUT2D eigenvalue weighted by Crippen LogP contribution is -2.22. The predicted octanol–water partition coefficient (Wildman–Crippen LogP) is 7.98. The first kappa shape index (κ1) is 26.2. The van der Waals surface area contributed by atoms with Crippen LogP contribution in [0.15, 0.2) is 0 Å². The minimum absolute atomic E-state index is 0.661. The zero-order valence-corrected chi connectivity index (χ0v) is 19.3. The van der Waals surface area contributed by atoms with Gasteiger partial charge in [0.25, 0.3) is 0 Å². The number of rotatable bonds is 20. The topological polar surface area (TPSA) is 27.7 Å². The third kappa shape index (κ3) is 13.4. The van der Waals surface area contributed by atoms with E-state index in [0.29, 0.717) is 25.7 Å². The van der Waals surface area contributed by atoms with Gasteiger partial charge in [-0.1, -0.05) is 78.1 Å². The molecule has 26 heavy (non-hydrogen) atoms. The molecule has 160 valence electrons. The second-order valence-electron chi connectivity index (χ2n) is 7.22. The molecule has 0 N–H and O–H groups in total. The van der Waals surface area contributed by atoms with Gasteiger partial charge in [-0.3, -0.25) is 12.5 Å². The van der Waals surface area contributed by atoms with Gasteiger partial charge < -0.3 is 0 Å². The van der Waals surface area contributed by atoms with Crippen molar-refractivity contribution >= 4 is 10.9 Å². The standard InChI is InChI=1S/C22H48O3S/c1-6-11-13-14-15-16-18-20-22(19-17-12-7-2)21-26(23-8-3,24-9-4)25-10-5/h22H,6-21H2,1-5H3. The molecule has 1 unspecified atom stereocenters. The lowest BCUT2D eigenvalue weighted by molar-refractivity contribution is 0.180. The van der Waals surface area contributed by atoms with E-state index >= 15 is 0 Å². The Morgan fingerprint density at radius 3 is 1.38 bits per heavy atom. The molecule has 0 aromatic heterocycles. The Hall–Kier alpha value is 0.230. The molecule has 0 amide bonds. The molecule has 3 nitrogen and oxygen atoms in total. The quantitative estimate of drug-likeness (QED) is 0.196. The predicted molar refractivity (Wildman–Crippen MR) is 118 cm³/mol. The van der Waals surface area contributed by atoms with Gasteiger partial charge in [0.1, 0.15) is 0 Å². The van der Waals surface area contributed by atoms with Gasteiger partial charge in [0.15, 0.2) is 0 Å². The normalized spacial score (nSPS) is 13.9. The second kappa shape index (κ2) is 18.6. The van der Waals surface area contributed by atoms with E-state index in [1.54, 1.807) is 0 Å². The molecule has 0 saturated carbocycles. The third-order valence-electron chi connectivity index (χ3n) is 4.76. The summed E-state index contributed by atoms with van der Waals surface area (Å²) in [6, 6.07) is 0. The van der Waals surface area contributed by atoms with Gasteiger partial charge >= 0.3 is 0 Å². The fourth-order valence-corrected chi connectivity index (χ4v) is 5.94. The molecule has 0 aliphatic carbocycles. The maximum absolute atomic E-state index is 6.06. The molecule has 1 atom stereocenters. The van der Waals surface area contributed by atoms with E-state index in [9.17, 15) is 0 Å². The van der Waals surface area contributed by atoms with Crippen LogP contribution in [0.25, 0.3) is 0 Å². The molecule has 0 rings (SSSR count). The van der Waals surface area contributed by atoms with E-state index in [2.05, 4.69) is 13.8 Å². The number of hydrogen-bond acceptors (Lipinski definition) is 3. The van der Waals surface area contributed by atoms with Crippen LogP contribution >= 0.6 is 10.9 Å². The summed E-state index contributed by atoms with van der Waals surface area (Å²) in [5.41, 5.74) is 0. The van der Waals surface area contributed by atoms with E-state index in [1.165, 1.54) is 77.0 Å². The van der Waals surface area contributed by atoms with Crippen LogP contribution < -0.4 is 0 Å². The average Bonchev–Trinajstić information content (AvgIpc) is 2.61. The lowest BCUT2D eigenvalue weighted by atomic mass is 9.96. The maximum Gasteiger partial charge on any atom is 0.0890 e. The largest absolute Gasteiger partial charge is 0.293 e. The van der Waals surface area contributed by atoms with Crippen LogP contribution in [0.3, 0.4) is 0 Å². The van der Waals surface area contributed by atoms with Gasteiger partial charge in [-0.15, -0.1) is 0 Å². The van der Waals surface area contributed by atoms with Crippen molar-refractivity contribution in [3.8, 4) is 0 Å². The highest BCUT2D eigenvalue weighted by Crippen LogP contribution is 2.53. The van der Waals surface area contributed by atoms with E-state index in [0.717, 1.165) is 5.75 Å². The summed E-state index contributed by atoms with van der Waals surface area (Å²) < 4.78 is 18.2. The Kier molecular flexibility index (Phi) is 18.8. The SMILES string of the molecule is CCCCCCCCCC(CCCCC)CS(OCC)(OCC)OCC. The first-order chi connectivity index (χ1) is 12.7. The zero-order chi connectivity index (χ0) is 19.5. The van der Waals surface area contributed by atoms with Crippen LogP contribution in [0.4, 0.5) is 0 Å². The van der Waals surface area contributed by atoms with Crippen molar-refractivity contribution in [3.63, 3.8) is 0 Å². The van der Waals surface area contributed by atoms with Gasteiger partial charge in [0.2, 0.25) is 0 Å². The summed E-state index contributed by atoms with van der Waals surface area (Å²) in [4.78, 5) is 0. The molecule has 0 heterocycles. The van der Waals surface area contributed by atoms with Crippen molar-refractivity contribution in [2.75, 3.05) is 25.6 Å². The molecule has 0 radical (unpaired) electrons. The molecule has 4 heteroatoms. The molecule has 0 aromatic rings.